The molecule has 1 heterocycles. The third-order valence-corrected chi connectivity index (χ3v) is 2.69. The van der Waals surface area contributed by atoms with Crippen LogP contribution in [0.15, 0.2) is 6.33 Å². The maximum absolute atomic E-state index is 8.98. The van der Waals surface area contributed by atoms with E-state index in [1.54, 1.807) is 6.33 Å². The molecule has 72 valence electrons. The minimum atomic E-state index is -0.00462. The highest BCUT2D eigenvalue weighted by molar-refractivity contribution is 4.98. The average molecular weight is 181 g/mol. The number of aromatic nitrogens is 3. The second-order valence-electron chi connectivity index (χ2n) is 3.66. The maximum atomic E-state index is 8.98. The number of aliphatic hydroxyl groups is 1. The van der Waals surface area contributed by atoms with Gasteiger partial charge in [-0.05, 0) is 18.8 Å². The van der Waals surface area contributed by atoms with Crippen LogP contribution in [-0.2, 0) is 6.61 Å². The lowest BCUT2D eigenvalue weighted by atomic mass is 10.2. The van der Waals surface area contributed by atoms with Gasteiger partial charge in [-0.2, -0.15) is 0 Å². The van der Waals surface area contributed by atoms with Gasteiger partial charge in [0.1, 0.15) is 12.9 Å². The van der Waals surface area contributed by atoms with E-state index in [1.165, 1.54) is 19.3 Å². The van der Waals surface area contributed by atoms with Crippen LogP contribution in [0.5, 0.6) is 0 Å². The summed E-state index contributed by atoms with van der Waals surface area (Å²) in [5, 5.41) is 16.6. The number of aliphatic hydroxyl groups excluding tert-OH is 1. The van der Waals surface area contributed by atoms with Crippen molar-refractivity contribution in [1.82, 2.24) is 14.8 Å². The van der Waals surface area contributed by atoms with Gasteiger partial charge in [-0.25, -0.2) is 0 Å². The van der Waals surface area contributed by atoms with Crippen molar-refractivity contribution in [3.63, 3.8) is 0 Å². The van der Waals surface area contributed by atoms with E-state index in [4.69, 9.17) is 5.11 Å². The van der Waals surface area contributed by atoms with Crippen LogP contribution in [0.2, 0.25) is 0 Å². The summed E-state index contributed by atoms with van der Waals surface area (Å²) in [6, 6.07) is 0.553. The second-order valence-corrected chi connectivity index (χ2v) is 3.66. The third-order valence-electron chi connectivity index (χ3n) is 2.69. The van der Waals surface area contributed by atoms with E-state index in [0.29, 0.717) is 11.9 Å². The molecular formula is C9H15N3O. The largest absolute Gasteiger partial charge is 0.388 e. The molecule has 0 aliphatic heterocycles. The standard InChI is InChI=1S/C9H15N3O/c1-2-3-7-4-8(7)12-6-10-11-9(12)5-13/h6-8,13H,2-5H2,1H3. The lowest BCUT2D eigenvalue weighted by molar-refractivity contribution is 0.264. The first-order valence-corrected chi connectivity index (χ1v) is 4.86. The van der Waals surface area contributed by atoms with Gasteiger partial charge in [0.2, 0.25) is 0 Å². The predicted octanol–water partition coefficient (Wildman–Crippen LogP) is 1.13. The summed E-state index contributed by atoms with van der Waals surface area (Å²) >= 11 is 0. The van der Waals surface area contributed by atoms with Crippen LogP contribution < -0.4 is 0 Å². The molecule has 2 unspecified atom stereocenters. The van der Waals surface area contributed by atoms with Crippen molar-refractivity contribution in [2.75, 3.05) is 0 Å². The van der Waals surface area contributed by atoms with E-state index in [0.717, 1.165) is 5.92 Å². The van der Waals surface area contributed by atoms with Crippen molar-refractivity contribution < 1.29 is 5.11 Å². The van der Waals surface area contributed by atoms with Gasteiger partial charge in [0.15, 0.2) is 5.82 Å². The first-order valence-electron chi connectivity index (χ1n) is 4.86. The van der Waals surface area contributed by atoms with Crippen LogP contribution >= 0.6 is 0 Å². The Kier molecular flexibility index (Phi) is 2.31. The summed E-state index contributed by atoms with van der Waals surface area (Å²) in [7, 11) is 0. The Labute approximate surface area is 77.6 Å². The molecule has 0 aromatic carbocycles. The highest BCUT2D eigenvalue weighted by atomic mass is 16.3. The second kappa shape index (κ2) is 3.46. The van der Waals surface area contributed by atoms with Crippen molar-refractivity contribution in [3.8, 4) is 0 Å². The van der Waals surface area contributed by atoms with Crippen molar-refractivity contribution in [3.05, 3.63) is 12.2 Å². The Bertz CT molecular complexity index is 284. The summed E-state index contributed by atoms with van der Waals surface area (Å²) in [5.74, 6) is 1.48. The minimum absolute atomic E-state index is 0.00462. The van der Waals surface area contributed by atoms with Crippen LogP contribution in [0.25, 0.3) is 0 Å². The van der Waals surface area contributed by atoms with Gasteiger partial charge in [0.05, 0.1) is 0 Å². The fourth-order valence-electron chi connectivity index (χ4n) is 1.91. The molecule has 0 amide bonds. The van der Waals surface area contributed by atoms with Gasteiger partial charge in [-0.3, -0.25) is 0 Å². The molecule has 1 fully saturated rings. The lowest BCUT2D eigenvalue weighted by Crippen LogP contribution is -2.01. The first kappa shape index (κ1) is 8.69. The highest BCUT2D eigenvalue weighted by Crippen LogP contribution is 2.46. The normalized spacial score (nSPS) is 26.3. The Hall–Kier alpha value is -0.900. The summed E-state index contributed by atoms with van der Waals surface area (Å²) in [4.78, 5) is 0. The molecule has 4 heteroatoms. The first-order chi connectivity index (χ1) is 6.36. The molecule has 0 bridgehead atoms. The van der Waals surface area contributed by atoms with Gasteiger partial charge in [0.25, 0.3) is 0 Å². The van der Waals surface area contributed by atoms with E-state index in [1.807, 2.05) is 4.57 Å². The Morgan fingerprint density at radius 3 is 3.23 bits per heavy atom. The van der Waals surface area contributed by atoms with Crippen LogP contribution in [0.1, 0.15) is 38.1 Å². The van der Waals surface area contributed by atoms with Gasteiger partial charge in [-0.15, -0.1) is 10.2 Å². The molecule has 1 aromatic rings. The SMILES string of the molecule is CCCC1CC1n1cnnc1CO. The van der Waals surface area contributed by atoms with Crippen LogP contribution in [0.4, 0.5) is 0 Å². The van der Waals surface area contributed by atoms with Crippen LogP contribution in [0.3, 0.4) is 0 Å². The third kappa shape index (κ3) is 1.58. The number of rotatable bonds is 4. The minimum Gasteiger partial charge on any atom is -0.388 e. The summed E-state index contributed by atoms with van der Waals surface area (Å²) in [6.45, 7) is 2.20. The van der Waals surface area contributed by atoms with Crippen molar-refractivity contribution in [1.29, 1.82) is 0 Å². The molecule has 1 aliphatic rings. The summed E-state index contributed by atoms with van der Waals surface area (Å²) < 4.78 is 2.01. The average Bonchev–Trinajstić information content (AvgIpc) is 2.75. The fourth-order valence-corrected chi connectivity index (χ4v) is 1.91. The quantitative estimate of drug-likeness (QED) is 0.757. The molecule has 2 rings (SSSR count). The monoisotopic (exact) mass is 181 g/mol. The maximum Gasteiger partial charge on any atom is 0.158 e. The molecule has 0 saturated heterocycles. The number of hydrogen-bond donors (Lipinski definition) is 1. The predicted molar refractivity (Wildman–Crippen MR) is 48.0 cm³/mol. The Morgan fingerprint density at radius 2 is 2.54 bits per heavy atom. The lowest BCUT2D eigenvalue weighted by Gasteiger charge is -2.02. The molecule has 0 spiro atoms. The van der Waals surface area contributed by atoms with E-state index in [2.05, 4.69) is 17.1 Å². The van der Waals surface area contributed by atoms with Crippen molar-refractivity contribution in [2.24, 2.45) is 5.92 Å². The smallest absolute Gasteiger partial charge is 0.158 e. The molecular weight excluding hydrogens is 166 g/mol. The zero-order valence-corrected chi connectivity index (χ0v) is 7.85. The molecule has 1 aliphatic carbocycles. The molecule has 1 aromatic heterocycles. The molecule has 1 saturated carbocycles. The van der Waals surface area contributed by atoms with Crippen LogP contribution in [-0.4, -0.2) is 19.9 Å². The van der Waals surface area contributed by atoms with Gasteiger partial charge in [-0.1, -0.05) is 13.3 Å². The molecule has 1 N–H and O–H groups in total. The van der Waals surface area contributed by atoms with E-state index in [-0.39, 0.29) is 6.61 Å². The fraction of sp³-hybridized carbons (Fsp3) is 0.778. The van der Waals surface area contributed by atoms with Gasteiger partial charge >= 0.3 is 0 Å². The molecule has 0 radical (unpaired) electrons. The summed E-state index contributed by atoms with van der Waals surface area (Å²) in [5.41, 5.74) is 0. The number of hydrogen-bond acceptors (Lipinski definition) is 3. The number of nitrogens with zero attached hydrogens (tertiary/aromatic N) is 3. The highest BCUT2D eigenvalue weighted by Gasteiger charge is 2.38. The molecule has 2 atom stereocenters. The molecule has 13 heavy (non-hydrogen) atoms. The Balaban J connectivity index is 2.02. The van der Waals surface area contributed by atoms with E-state index in [9.17, 15) is 0 Å². The van der Waals surface area contributed by atoms with Crippen molar-refractivity contribution >= 4 is 0 Å². The van der Waals surface area contributed by atoms with Gasteiger partial charge in [0, 0.05) is 6.04 Å². The van der Waals surface area contributed by atoms with E-state index < -0.39 is 0 Å². The van der Waals surface area contributed by atoms with Gasteiger partial charge < -0.3 is 9.67 Å². The zero-order chi connectivity index (χ0) is 9.26. The van der Waals surface area contributed by atoms with Crippen LogP contribution in [0, 0.1) is 5.92 Å². The Morgan fingerprint density at radius 1 is 1.69 bits per heavy atom. The van der Waals surface area contributed by atoms with Crippen molar-refractivity contribution in [2.45, 2.75) is 38.8 Å². The summed E-state index contributed by atoms with van der Waals surface area (Å²) in [6.07, 6.45) is 5.45. The molecule has 4 nitrogen and oxygen atoms in total. The van der Waals surface area contributed by atoms with E-state index >= 15 is 0 Å². The topological polar surface area (TPSA) is 50.9 Å². The zero-order valence-electron chi connectivity index (χ0n) is 7.85.